The summed E-state index contributed by atoms with van der Waals surface area (Å²) in [5.41, 5.74) is 7.49. The van der Waals surface area contributed by atoms with E-state index in [1.165, 1.54) is 0 Å². The molecule has 1 aliphatic heterocycles. The Hall–Kier alpha value is -0.910. The van der Waals surface area contributed by atoms with Crippen LogP contribution < -0.4 is 5.73 Å². The summed E-state index contributed by atoms with van der Waals surface area (Å²) in [6.07, 6.45) is 1.81. The predicted molar refractivity (Wildman–Crippen MR) is 80.8 cm³/mol. The molecule has 5 heteroatoms. The minimum atomic E-state index is -3.40. The van der Waals surface area contributed by atoms with Crippen LogP contribution in [0.3, 0.4) is 0 Å². The molecule has 0 amide bonds. The highest BCUT2D eigenvalue weighted by molar-refractivity contribution is 7.89. The van der Waals surface area contributed by atoms with Crippen LogP contribution in [0.25, 0.3) is 0 Å². The van der Waals surface area contributed by atoms with E-state index < -0.39 is 10.0 Å². The van der Waals surface area contributed by atoms with Gasteiger partial charge in [-0.1, -0.05) is 26.0 Å². The van der Waals surface area contributed by atoms with E-state index in [-0.39, 0.29) is 5.41 Å². The second kappa shape index (κ2) is 5.47. The van der Waals surface area contributed by atoms with Crippen molar-refractivity contribution in [3.63, 3.8) is 0 Å². The molecule has 2 N–H and O–H groups in total. The van der Waals surface area contributed by atoms with Crippen molar-refractivity contribution in [2.75, 3.05) is 13.1 Å². The highest BCUT2D eigenvalue weighted by Gasteiger charge is 2.33. The number of nitrogens with two attached hydrogens (primary N) is 1. The lowest BCUT2D eigenvalue weighted by Crippen LogP contribution is -2.41. The molecule has 0 radical (unpaired) electrons. The first kappa shape index (κ1) is 15.5. The highest BCUT2D eigenvalue weighted by atomic mass is 32.2. The maximum absolute atomic E-state index is 12.8. The Morgan fingerprint density at radius 2 is 1.85 bits per heavy atom. The summed E-state index contributed by atoms with van der Waals surface area (Å²) in [5.74, 6) is 0. The van der Waals surface area contributed by atoms with E-state index >= 15 is 0 Å². The van der Waals surface area contributed by atoms with E-state index in [0.717, 1.165) is 24.0 Å². The third-order valence-corrected chi connectivity index (χ3v) is 6.22. The van der Waals surface area contributed by atoms with E-state index in [0.29, 0.717) is 24.5 Å². The van der Waals surface area contributed by atoms with Crippen LogP contribution in [0.15, 0.2) is 23.1 Å². The molecule has 0 saturated carbocycles. The van der Waals surface area contributed by atoms with Gasteiger partial charge in [-0.3, -0.25) is 0 Å². The highest BCUT2D eigenvalue weighted by Crippen LogP contribution is 2.33. The second-order valence-electron chi connectivity index (χ2n) is 6.37. The van der Waals surface area contributed by atoms with Gasteiger partial charge >= 0.3 is 0 Å². The number of hydrogen-bond acceptors (Lipinski definition) is 3. The Morgan fingerprint density at radius 1 is 1.25 bits per heavy atom. The van der Waals surface area contributed by atoms with Crippen LogP contribution in [0.5, 0.6) is 0 Å². The van der Waals surface area contributed by atoms with Crippen LogP contribution >= 0.6 is 0 Å². The Labute approximate surface area is 122 Å². The number of rotatable bonds is 3. The fourth-order valence-corrected chi connectivity index (χ4v) is 4.24. The molecule has 1 aromatic carbocycles. The maximum Gasteiger partial charge on any atom is 0.243 e. The number of piperidine rings is 1. The monoisotopic (exact) mass is 296 g/mol. The van der Waals surface area contributed by atoms with Crippen molar-refractivity contribution in [3.8, 4) is 0 Å². The summed E-state index contributed by atoms with van der Waals surface area (Å²) >= 11 is 0. The van der Waals surface area contributed by atoms with Gasteiger partial charge in [0, 0.05) is 19.6 Å². The first-order valence-corrected chi connectivity index (χ1v) is 8.50. The van der Waals surface area contributed by atoms with Gasteiger partial charge in [0.15, 0.2) is 0 Å². The van der Waals surface area contributed by atoms with Crippen molar-refractivity contribution < 1.29 is 8.42 Å². The van der Waals surface area contributed by atoms with Crippen LogP contribution in [-0.2, 0) is 16.6 Å². The fraction of sp³-hybridized carbons (Fsp3) is 0.600. The van der Waals surface area contributed by atoms with Crippen LogP contribution in [0.1, 0.15) is 37.8 Å². The number of benzene rings is 1. The molecule has 4 nitrogen and oxygen atoms in total. The van der Waals surface area contributed by atoms with Crippen molar-refractivity contribution in [1.82, 2.24) is 4.31 Å². The Kier molecular flexibility index (Phi) is 4.23. The molecule has 2 rings (SSSR count). The zero-order valence-electron chi connectivity index (χ0n) is 12.5. The van der Waals surface area contributed by atoms with Gasteiger partial charge in [0.2, 0.25) is 10.0 Å². The molecule has 20 heavy (non-hydrogen) atoms. The summed E-state index contributed by atoms with van der Waals surface area (Å²) in [7, 11) is -3.40. The standard InChI is InChI=1S/C15H24N2O2S/c1-12-4-5-13(11-16)10-14(12)20(18,19)17-8-6-15(2,3)7-9-17/h4-5,10H,6-9,11,16H2,1-3H3. The zero-order valence-corrected chi connectivity index (χ0v) is 13.3. The molecule has 1 aliphatic rings. The van der Waals surface area contributed by atoms with E-state index in [4.69, 9.17) is 5.73 Å². The van der Waals surface area contributed by atoms with E-state index in [2.05, 4.69) is 13.8 Å². The second-order valence-corrected chi connectivity index (χ2v) is 8.28. The minimum absolute atomic E-state index is 0.236. The van der Waals surface area contributed by atoms with Gasteiger partial charge in [-0.25, -0.2) is 8.42 Å². The molecule has 1 fully saturated rings. The normalized spacial score (nSPS) is 20.0. The van der Waals surface area contributed by atoms with Gasteiger partial charge < -0.3 is 5.73 Å². The van der Waals surface area contributed by atoms with Crippen LogP contribution in [0, 0.1) is 12.3 Å². The number of hydrogen-bond donors (Lipinski definition) is 1. The van der Waals surface area contributed by atoms with E-state index in [1.807, 2.05) is 19.1 Å². The first-order valence-electron chi connectivity index (χ1n) is 7.06. The maximum atomic E-state index is 12.8. The smallest absolute Gasteiger partial charge is 0.243 e. The SMILES string of the molecule is Cc1ccc(CN)cc1S(=O)(=O)N1CCC(C)(C)CC1. The quantitative estimate of drug-likeness (QED) is 0.930. The minimum Gasteiger partial charge on any atom is -0.326 e. The third kappa shape index (κ3) is 3.05. The molecule has 1 saturated heterocycles. The molecular weight excluding hydrogens is 272 g/mol. The van der Waals surface area contributed by atoms with Crippen LogP contribution in [-0.4, -0.2) is 25.8 Å². The summed E-state index contributed by atoms with van der Waals surface area (Å²) in [5, 5.41) is 0. The van der Waals surface area contributed by atoms with Crippen molar-refractivity contribution >= 4 is 10.0 Å². The van der Waals surface area contributed by atoms with Gasteiger partial charge in [0.1, 0.15) is 0 Å². The number of nitrogens with zero attached hydrogens (tertiary/aromatic N) is 1. The molecular formula is C15H24N2O2S. The molecule has 1 aromatic rings. The lowest BCUT2D eigenvalue weighted by Gasteiger charge is -2.36. The first-order chi connectivity index (χ1) is 9.26. The lowest BCUT2D eigenvalue weighted by atomic mass is 9.83. The zero-order chi connectivity index (χ0) is 15.0. The molecule has 0 aromatic heterocycles. The van der Waals surface area contributed by atoms with Gasteiger partial charge in [-0.05, 0) is 42.4 Å². The summed E-state index contributed by atoms with van der Waals surface area (Å²) in [6, 6.07) is 5.43. The van der Waals surface area contributed by atoms with E-state index in [9.17, 15) is 8.42 Å². The van der Waals surface area contributed by atoms with Crippen LogP contribution in [0.2, 0.25) is 0 Å². The number of sulfonamides is 1. The summed E-state index contributed by atoms with van der Waals surface area (Å²) in [6.45, 7) is 7.77. The van der Waals surface area contributed by atoms with Gasteiger partial charge in [-0.2, -0.15) is 4.31 Å². The lowest BCUT2D eigenvalue weighted by molar-refractivity contribution is 0.196. The molecule has 0 unspecified atom stereocenters. The van der Waals surface area contributed by atoms with Crippen molar-refractivity contribution in [2.24, 2.45) is 11.1 Å². The largest absolute Gasteiger partial charge is 0.326 e. The van der Waals surface area contributed by atoms with Gasteiger partial charge in [-0.15, -0.1) is 0 Å². The van der Waals surface area contributed by atoms with Crippen molar-refractivity contribution in [1.29, 1.82) is 0 Å². The number of aryl methyl sites for hydroxylation is 1. The van der Waals surface area contributed by atoms with Crippen molar-refractivity contribution in [3.05, 3.63) is 29.3 Å². The molecule has 1 heterocycles. The van der Waals surface area contributed by atoms with Gasteiger partial charge in [0.25, 0.3) is 0 Å². The fourth-order valence-electron chi connectivity index (χ4n) is 2.52. The van der Waals surface area contributed by atoms with Gasteiger partial charge in [0.05, 0.1) is 4.90 Å². The topological polar surface area (TPSA) is 63.4 Å². The molecule has 112 valence electrons. The average molecular weight is 296 g/mol. The third-order valence-electron chi connectivity index (χ3n) is 4.18. The molecule has 0 bridgehead atoms. The average Bonchev–Trinajstić information content (AvgIpc) is 2.38. The Bertz CT molecular complexity index is 584. The van der Waals surface area contributed by atoms with E-state index in [1.54, 1.807) is 10.4 Å². The Balaban J connectivity index is 2.31. The van der Waals surface area contributed by atoms with Crippen molar-refractivity contribution in [2.45, 2.75) is 45.1 Å². The van der Waals surface area contributed by atoms with Crippen LogP contribution in [0.4, 0.5) is 0 Å². The molecule has 0 spiro atoms. The predicted octanol–water partition coefficient (Wildman–Crippen LogP) is 2.26. The molecule has 0 aliphatic carbocycles. The Morgan fingerprint density at radius 3 is 2.40 bits per heavy atom. The molecule has 0 atom stereocenters. The summed E-state index contributed by atoms with van der Waals surface area (Å²) in [4.78, 5) is 0.403. The summed E-state index contributed by atoms with van der Waals surface area (Å²) < 4.78 is 27.2.